The number of carbonyl (C=O) groups excluding carboxylic acids is 1. The zero-order chi connectivity index (χ0) is 11.4. The molecule has 2 aromatic rings. The van der Waals surface area contributed by atoms with Crippen molar-refractivity contribution in [1.82, 2.24) is 20.3 Å². The molecular formula is C9H9BrN4OS. The van der Waals surface area contributed by atoms with E-state index < -0.39 is 0 Å². The normalized spacial score (nSPS) is 10.3. The van der Waals surface area contributed by atoms with Gasteiger partial charge in [0.1, 0.15) is 6.54 Å². The maximum atomic E-state index is 11.5. The first-order valence-corrected chi connectivity index (χ1v) is 6.25. The van der Waals surface area contributed by atoms with Crippen molar-refractivity contribution in [2.24, 2.45) is 0 Å². The molecule has 0 fully saturated rings. The van der Waals surface area contributed by atoms with E-state index in [-0.39, 0.29) is 12.5 Å². The second-order valence-corrected chi connectivity index (χ2v) is 4.92. The van der Waals surface area contributed by atoms with Crippen molar-refractivity contribution in [2.45, 2.75) is 13.1 Å². The van der Waals surface area contributed by atoms with Crippen molar-refractivity contribution in [1.29, 1.82) is 0 Å². The monoisotopic (exact) mass is 300 g/mol. The van der Waals surface area contributed by atoms with Crippen LogP contribution in [0.25, 0.3) is 0 Å². The fourth-order valence-corrected chi connectivity index (χ4v) is 2.58. The smallest absolute Gasteiger partial charge is 0.242 e. The van der Waals surface area contributed by atoms with Crippen molar-refractivity contribution in [3.05, 3.63) is 33.2 Å². The van der Waals surface area contributed by atoms with Crippen LogP contribution in [0.5, 0.6) is 0 Å². The number of rotatable bonds is 4. The Bertz CT molecular complexity index is 468. The van der Waals surface area contributed by atoms with Gasteiger partial charge in [-0.1, -0.05) is 5.21 Å². The summed E-state index contributed by atoms with van der Waals surface area (Å²) >= 11 is 5.01. The van der Waals surface area contributed by atoms with Crippen molar-refractivity contribution in [2.75, 3.05) is 0 Å². The number of nitrogens with zero attached hydrogens (tertiary/aromatic N) is 3. The molecule has 5 nitrogen and oxygen atoms in total. The molecule has 0 aromatic carbocycles. The summed E-state index contributed by atoms with van der Waals surface area (Å²) in [6.45, 7) is 0.731. The van der Waals surface area contributed by atoms with Crippen LogP contribution in [-0.2, 0) is 17.9 Å². The molecule has 7 heteroatoms. The first-order chi connectivity index (χ1) is 7.75. The Morgan fingerprint density at radius 1 is 1.62 bits per heavy atom. The van der Waals surface area contributed by atoms with Crippen LogP contribution in [0, 0.1) is 0 Å². The lowest BCUT2D eigenvalue weighted by Crippen LogP contribution is -2.27. The topological polar surface area (TPSA) is 59.8 Å². The third kappa shape index (κ3) is 2.89. The highest BCUT2D eigenvalue weighted by atomic mass is 79.9. The van der Waals surface area contributed by atoms with Gasteiger partial charge < -0.3 is 5.32 Å². The van der Waals surface area contributed by atoms with E-state index in [4.69, 9.17) is 0 Å². The van der Waals surface area contributed by atoms with Gasteiger partial charge in [0.05, 0.1) is 12.7 Å². The number of halogens is 1. The summed E-state index contributed by atoms with van der Waals surface area (Å²) in [4.78, 5) is 12.6. The van der Waals surface area contributed by atoms with Gasteiger partial charge in [-0.3, -0.25) is 4.79 Å². The molecule has 0 aliphatic rings. The maximum absolute atomic E-state index is 11.5. The molecule has 1 amide bonds. The number of nitrogens with one attached hydrogen (secondary N) is 1. The minimum Gasteiger partial charge on any atom is -0.350 e. The van der Waals surface area contributed by atoms with Gasteiger partial charge in [0, 0.05) is 15.5 Å². The number of aromatic nitrogens is 3. The number of thiophene rings is 1. The largest absolute Gasteiger partial charge is 0.350 e. The summed E-state index contributed by atoms with van der Waals surface area (Å²) in [6.07, 6.45) is 3.20. The molecule has 0 spiro atoms. The highest BCUT2D eigenvalue weighted by Crippen LogP contribution is 2.21. The Kier molecular flexibility index (Phi) is 3.68. The zero-order valence-corrected chi connectivity index (χ0v) is 10.7. The highest BCUT2D eigenvalue weighted by molar-refractivity contribution is 9.10. The summed E-state index contributed by atoms with van der Waals surface area (Å²) in [5.74, 6) is -0.0780. The van der Waals surface area contributed by atoms with Crippen LogP contribution < -0.4 is 5.32 Å². The van der Waals surface area contributed by atoms with Crippen LogP contribution in [-0.4, -0.2) is 20.9 Å². The molecule has 0 saturated heterocycles. The fraction of sp³-hybridized carbons (Fsp3) is 0.222. The Balaban J connectivity index is 1.82. The third-order valence-corrected chi connectivity index (χ3v) is 3.84. The number of hydrogen-bond donors (Lipinski definition) is 1. The minimum absolute atomic E-state index is 0.0780. The van der Waals surface area contributed by atoms with Gasteiger partial charge in [0.2, 0.25) is 5.91 Å². The van der Waals surface area contributed by atoms with Crippen LogP contribution in [0.4, 0.5) is 0 Å². The molecule has 0 saturated carbocycles. The highest BCUT2D eigenvalue weighted by Gasteiger charge is 2.05. The first kappa shape index (κ1) is 11.3. The lowest BCUT2D eigenvalue weighted by atomic mass is 10.4. The van der Waals surface area contributed by atoms with Gasteiger partial charge >= 0.3 is 0 Å². The number of carbonyl (C=O) groups is 1. The molecule has 16 heavy (non-hydrogen) atoms. The molecule has 84 valence electrons. The second kappa shape index (κ2) is 5.22. The van der Waals surface area contributed by atoms with Gasteiger partial charge in [-0.15, -0.1) is 16.4 Å². The summed E-state index contributed by atoms with van der Waals surface area (Å²) < 4.78 is 2.51. The summed E-state index contributed by atoms with van der Waals surface area (Å²) in [5, 5.41) is 12.1. The number of hydrogen-bond acceptors (Lipinski definition) is 4. The van der Waals surface area contributed by atoms with E-state index in [0.29, 0.717) is 6.54 Å². The Morgan fingerprint density at radius 2 is 2.50 bits per heavy atom. The molecule has 0 atom stereocenters. The first-order valence-electron chi connectivity index (χ1n) is 4.58. The standard InChI is InChI=1S/C9H9BrN4OS/c10-7-1-4-16-8(7)5-11-9(15)6-14-3-2-12-13-14/h1-4H,5-6H2,(H,11,15). The Labute approximate surface area is 105 Å². The third-order valence-electron chi connectivity index (χ3n) is 1.91. The number of amides is 1. The van der Waals surface area contributed by atoms with Crippen LogP contribution >= 0.6 is 27.3 Å². The molecule has 0 bridgehead atoms. The lowest BCUT2D eigenvalue weighted by molar-refractivity contribution is -0.122. The van der Waals surface area contributed by atoms with Crippen molar-refractivity contribution in [3.63, 3.8) is 0 Å². The van der Waals surface area contributed by atoms with Crippen molar-refractivity contribution < 1.29 is 4.79 Å². The molecule has 0 radical (unpaired) electrons. The average Bonchev–Trinajstić information content (AvgIpc) is 2.87. The van der Waals surface area contributed by atoms with Crippen LogP contribution in [0.15, 0.2) is 28.3 Å². The Morgan fingerprint density at radius 3 is 3.12 bits per heavy atom. The summed E-state index contributed by atoms with van der Waals surface area (Å²) in [5.41, 5.74) is 0. The second-order valence-electron chi connectivity index (χ2n) is 3.07. The minimum atomic E-state index is -0.0780. The molecule has 2 rings (SSSR count). The van der Waals surface area contributed by atoms with E-state index >= 15 is 0 Å². The quantitative estimate of drug-likeness (QED) is 0.929. The van der Waals surface area contributed by atoms with E-state index in [1.165, 1.54) is 4.68 Å². The van der Waals surface area contributed by atoms with Crippen LogP contribution in [0.3, 0.4) is 0 Å². The average molecular weight is 301 g/mol. The molecule has 0 unspecified atom stereocenters. The Hall–Kier alpha value is -1.21. The van der Waals surface area contributed by atoms with E-state index in [1.54, 1.807) is 23.7 Å². The summed E-state index contributed by atoms with van der Waals surface area (Å²) in [7, 11) is 0. The van der Waals surface area contributed by atoms with Crippen LogP contribution in [0.1, 0.15) is 4.88 Å². The molecule has 2 aromatic heterocycles. The SMILES string of the molecule is O=C(Cn1ccnn1)NCc1sccc1Br. The van der Waals surface area contributed by atoms with Gasteiger partial charge in [-0.05, 0) is 27.4 Å². The van der Waals surface area contributed by atoms with E-state index in [9.17, 15) is 4.79 Å². The molecule has 0 aliphatic carbocycles. The van der Waals surface area contributed by atoms with E-state index in [1.807, 2.05) is 11.4 Å². The van der Waals surface area contributed by atoms with E-state index in [0.717, 1.165) is 9.35 Å². The van der Waals surface area contributed by atoms with Gasteiger partial charge in [-0.25, -0.2) is 4.68 Å². The molecular weight excluding hydrogens is 292 g/mol. The molecule has 1 N–H and O–H groups in total. The van der Waals surface area contributed by atoms with Gasteiger partial charge in [0.15, 0.2) is 0 Å². The summed E-state index contributed by atoms with van der Waals surface area (Å²) in [6, 6.07) is 1.96. The van der Waals surface area contributed by atoms with Crippen molar-refractivity contribution >= 4 is 33.2 Å². The molecule has 2 heterocycles. The van der Waals surface area contributed by atoms with Crippen molar-refractivity contribution in [3.8, 4) is 0 Å². The predicted octanol–water partition coefficient (Wildman–Crippen LogP) is 1.42. The lowest BCUT2D eigenvalue weighted by Gasteiger charge is -2.03. The predicted molar refractivity (Wildman–Crippen MR) is 63.9 cm³/mol. The fourth-order valence-electron chi connectivity index (χ4n) is 1.15. The zero-order valence-electron chi connectivity index (χ0n) is 8.26. The van der Waals surface area contributed by atoms with Gasteiger partial charge in [-0.2, -0.15) is 0 Å². The van der Waals surface area contributed by atoms with Gasteiger partial charge in [0.25, 0.3) is 0 Å². The maximum Gasteiger partial charge on any atom is 0.242 e. The molecule has 0 aliphatic heterocycles. The van der Waals surface area contributed by atoms with Crippen LogP contribution in [0.2, 0.25) is 0 Å². The van der Waals surface area contributed by atoms with E-state index in [2.05, 4.69) is 31.6 Å².